The van der Waals surface area contributed by atoms with Crippen LogP contribution < -0.4 is 32.6 Å². The van der Waals surface area contributed by atoms with Gasteiger partial charge in [0.25, 0.3) is 17.9 Å². The van der Waals surface area contributed by atoms with Gasteiger partial charge in [-0.25, -0.2) is 27.7 Å². The Morgan fingerprint density at radius 2 is 1.78 bits per heavy atom. The van der Waals surface area contributed by atoms with Gasteiger partial charge in [0, 0.05) is 95.8 Å². The minimum Gasteiger partial charge on any atom is -0.478 e. The van der Waals surface area contributed by atoms with Gasteiger partial charge in [-0.3, -0.25) is 33.5 Å². The quantitative estimate of drug-likeness (QED) is 0.00252. The maximum absolute atomic E-state index is 14.2. The molecule has 6 rings (SSSR count). The molecule has 9 N–H and O–H groups in total. The molecule has 2 amide bonds. The number of amides is 2. The van der Waals surface area contributed by atoms with Crippen LogP contribution in [0.3, 0.4) is 0 Å². The molecule has 35 heteroatoms. The number of alkyl halides is 1. The highest BCUT2D eigenvalue weighted by atomic mass is 33.1. The number of fused-ring (bicyclic) bond motifs is 2. The average molecular weight is 1240 g/mol. The highest BCUT2D eigenvalue weighted by Crippen LogP contribution is 2.66. The van der Waals surface area contributed by atoms with Crippen molar-refractivity contribution in [2.75, 3.05) is 56.4 Å². The molecular formula is C47H55FN9O20P3S2. The number of hydrogen-bond acceptors (Lipinski definition) is 20. The Kier molecular flexibility index (Phi) is 23.3. The number of H-pyrrole nitrogens is 1. The van der Waals surface area contributed by atoms with Crippen molar-refractivity contribution >= 4 is 79.5 Å². The van der Waals surface area contributed by atoms with E-state index in [0.29, 0.717) is 58.7 Å². The van der Waals surface area contributed by atoms with Gasteiger partial charge in [-0.15, -0.1) is 0 Å². The van der Waals surface area contributed by atoms with E-state index in [0.717, 1.165) is 32.9 Å². The van der Waals surface area contributed by atoms with Gasteiger partial charge in [0.05, 0.1) is 30.2 Å². The van der Waals surface area contributed by atoms with Crippen molar-refractivity contribution in [3.05, 3.63) is 113 Å². The summed E-state index contributed by atoms with van der Waals surface area (Å²) < 4.78 is 84.4. The number of phosphoric ester groups is 1. The minimum atomic E-state index is -5.91. The summed E-state index contributed by atoms with van der Waals surface area (Å²) in [5.41, 5.74) is 11.3. The molecule has 2 aliphatic heterocycles. The number of benzene rings is 3. The fourth-order valence-electron chi connectivity index (χ4n) is 8.11. The Hall–Kier alpha value is -6.19. The number of anilines is 1. The Morgan fingerprint density at radius 1 is 1.01 bits per heavy atom. The summed E-state index contributed by atoms with van der Waals surface area (Å²) >= 11 is 0. The van der Waals surface area contributed by atoms with Crippen LogP contribution in [0.5, 0.6) is 0 Å². The molecule has 82 heavy (non-hydrogen) atoms. The maximum Gasteiger partial charge on any atom is 0.490 e. The number of nitrogens with one attached hydrogen (secondary N) is 4. The molecule has 1 fully saturated rings. The SMILES string of the molecule is CCN=c1cc2oc3cc(NCC)c(C)cc3c(-c3cc(C(=O)NCCSSCOCCCC(=O)NCC#Cc4cn([C@H]5CC(OC(F)N=[N+]=[N-])C(COP(=O)(O)OP(=O)(O)OP(=O)(O)O)O5)c(=O)[nH]c4=O)ccc3C(=O)O)c-2cc1C. The lowest BCUT2D eigenvalue weighted by atomic mass is 9.88. The predicted molar refractivity (Wildman–Crippen MR) is 296 cm³/mol. The molecule has 0 spiro atoms. The topological polar surface area (TPSA) is 424 Å². The highest BCUT2D eigenvalue weighted by molar-refractivity contribution is 8.76. The standard InChI is InChI=1S/C47H55FN9O20P3S2/c1-5-50-34-20-36-32(17-26(34)3)42(33-18-27(4)35(51-6-2)21-37(33)73-36)31-19-28(11-12-30(31)45(61)62)43(59)53-14-16-81-82-25-71-15-8-10-40(58)52-13-7-9-29-23-57(47(63)54-44(29)60)41-22-38(75-46(48)55-56-49)39(74-41)24-72-79(67,68)77-80(69,70)76-78(64,65)66/h11-12,17-21,23,38-39,41,46,50H,5-6,8,10,13-16,22,24-25H2,1-4H3,(H,52,58)(H,53,59)(H,61,62)(H,67,68)(H,69,70)(H,54,60,63)(H2,64,65,66)/t38?,39?,41-,46?/m1/s1. The number of aromatic nitrogens is 2. The molecule has 1 aromatic heterocycles. The van der Waals surface area contributed by atoms with Gasteiger partial charge in [0.2, 0.25) is 5.91 Å². The molecule has 3 aliphatic rings. The third-order valence-corrected chi connectivity index (χ3v) is 17.4. The lowest BCUT2D eigenvalue weighted by Gasteiger charge is -2.21. The molecule has 442 valence electrons. The largest absolute Gasteiger partial charge is 0.490 e. The number of carbonyl (C=O) groups excluding carboxylic acids is 2. The number of carboxylic acid groups (broad SMARTS) is 1. The zero-order chi connectivity index (χ0) is 59.9. The van der Waals surface area contributed by atoms with Gasteiger partial charge < -0.3 is 59.3 Å². The summed E-state index contributed by atoms with van der Waals surface area (Å²) in [5, 5.41) is 23.3. The molecule has 1 saturated heterocycles. The zero-order valence-corrected chi connectivity index (χ0v) is 48.2. The van der Waals surface area contributed by atoms with E-state index in [1.165, 1.54) is 33.7 Å². The second-order valence-corrected chi connectivity index (χ2v) is 24.3. The van der Waals surface area contributed by atoms with Gasteiger partial charge in [-0.05, 0) is 91.8 Å². The number of rotatable bonds is 28. The van der Waals surface area contributed by atoms with Gasteiger partial charge in [0.15, 0.2) is 0 Å². The third kappa shape index (κ3) is 18.4. The van der Waals surface area contributed by atoms with E-state index in [2.05, 4.69) is 56.0 Å². The summed E-state index contributed by atoms with van der Waals surface area (Å²) in [6.07, 6.45) is -3.82. The van der Waals surface area contributed by atoms with Crippen LogP contribution in [0.15, 0.2) is 72.8 Å². The van der Waals surface area contributed by atoms with Gasteiger partial charge in [0.1, 0.15) is 35.2 Å². The molecule has 3 aromatic rings. The molecule has 0 bridgehead atoms. The Morgan fingerprint density at radius 3 is 2.49 bits per heavy atom. The maximum atomic E-state index is 14.2. The smallest absolute Gasteiger partial charge is 0.478 e. The minimum absolute atomic E-state index is 0.0107. The van der Waals surface area contributed by atoms with Gasteiger partial charge in [-0.2, -0.15) is 8.62 Å². The first-order chi connectivity index (χ1) is 38.8. The van der Waals surface area contributed by atoms with Crippen LogP contribution in [-0.4, -0.2) is 122 Å². The van der Waals surface area contributed by atoms with Gasteiger partial charge in [-0.1, -0.05) is 33.4 Å². The van der Waals surface area contributed by atoms with Crippen LogP contribution in [0.4, 0.5) is 10.1 Å². The predicted octanol–water partition coefficient (Wildman–Crippen LogP) is 6.33. The molecule has 0 radical (unpaired) electrons. The molecule has 5 unspecified atom stereocenters. The average Bonchev–Trinajstić information content (AvgIpc) is 1.61. The number of aromatic amines is 1. The number of carbonyl (C=O) groups is 3. The van der Waals surface area contributed by atoms with Crippen molar-refractivity contribution in [2.45, 2.75) is 71.9 Å². The second kappa shape index (κ2) is 29.4. The summed E-state index contributed by atoms with van der Waals surface area (Å²) in [6.45, 7) is 5.48. The lowest BCUT2D eigenvalue weighted by molar-refractivity contribution is -0.121. The van der Waals surface area contributed by atoms with Crippen LogP contribution in [0.2, 0.25) is 0 Å². The van der Waals surface area contributed by atoms with E-state index in [4.69, 9.17) is 33.9 Å². The van der Waals surface area contributed by atoms with E-state index in [1.807, 2.05) is 56.9 Å². The van der Waals surface area contributed by atoms with Crippen molar-refractivity contribution in [2.24, 2.45) is 10.1 Å². The number of halogens is 1. The normalized spacial score (nSPS) is 17.3. The van der Waals surface area contributed by atoms with Crippen LogP contribution in [0, 0.1) is 25.7 Å². The zero-order valence-electron chi connectivity index (χ0n) is 43.8. The van der Waals surface area contributed by atoms with Crippen molar-refractivity contribution in [1.82, 2.24) is 20.2 Å². The Balaban J connectivity index is 0.956. The van der Waals surface area contributed by atoms with E-state index in [9.17, 15) is 57.0 Å². The first kappa shape index (κ1) is 65.0. The number of carboxylic acids is 1. The van der Waals surface area contributed by atoms with E-state index in [-0.39, 0.29) is 48.7 Å². The monoisotopic (exact) mass is 1240 g/mol. The number of azide groups is 1. The van der Waals surface area contributed by atoms with Crippen molar-refractivity contribution in [3.8, 4) is 34.3 Å². The first-order valence-corrected chi connectivity index (χ1v) is 31.5. The number of hydrogen-bond donors (Lipinski definition) is 9. The molecule has 0 saturated carbocycles. The summed E-state index contributed by atoms with van der Waals surface area (Å²) in [4.78, 5) is 110. The number of nitrogens with zero attached hydrogens (tertiary/aromatic N) is 5. The number of ether oxygens (including phenoxy) is 3. The van der Waals surface area contributed by atoms with Crippen LogP contribution >= 0.6 is 45.1 Å². The summed E-state index contributed by atoms with van der Waals surface area (Å²) in [7, 11) is -14.5. The number of aromatic carboxylic acids is 1. The highest BCUT2D eigenvalue weighted by Gasteiger charge is 2.44. The number of aryl methyl sites for hydroxylation is 2. The van der Waals surface area contributed by atoms with Crippen LogP contribution in [0.25, 0.3) is 43.9 Å². The van der Waals surface area contributed by atoms with Crippen molar-refractivity contribution in [1.29, 1.82) is 0 Å². The van der Waals surface area contributed by atoms with Crippen LogP contribution in [-0.2, 0) is 45.8 Å². The van der Waals surface area contributed by atoms with Crippen LogP contribution in [0.1, 0.15) is 76.7 Å². The lowest BCUT2D eigenvalue weighted by Crippen LogP contribution is -2.34. The molecule has 6 atom stereocenters. The fraction of sp³-hybridized carbons (Fsp3) is 0.404. The van der Waals surface area contributed by atoms with Gasteiger partial charge >= 0.3 is 35.1 Å². The molecule has 29 nitrogen and oxygen atoms in total. The molecule has 3 heterocycles. The first-order valence-electron chi connectivity index (χ1n) is 24.4. The summed E-state index contributed by atoms with van der Waals surface area (Å²) in [5.74, 6) is 4.37. The second-order valence-electron chi connectivity index (χ2n) is 17.4. The van der Waals surface area contributed by atoms with E-state index in [1.54, 1.807) is 6.07 Å². The summed E-state index contributed by atoms with van der Waals surface area (Å²) in [6, 6.07) is 12.1. The molecular weight excluding hydrogens is 1190 g/mol. The molecule has 1 aliphatic carbocycles. The van der Waals surface area contributed by atoms with Crippen molar-refractivity contribution in [3.63, 3.8) is 0 Å². The van der Waals surface area contributed by atoms with E-state index >= 15 is 0 Å². The Bertz CT molecular complexity index is 3620. The number of phosphoric acid groups is 3. The van der Waals surface area contributed by atoms with E-state index < -0.39 is 90.4 Å². The molecule has 2 aromatic carbocycles. The third-order valence-electron chi connectivity index (χ3n) is 11.5. The Labute approximate surface area is 472 Å². The van der Waals surface area contributed by atoms with Crippen molar-refractivity contribution < 1.29 is 88.9 Å². The fourth-order valence-corrected chi connectivity index (χ4v) is 12.7.